The third kappa shape index (κ3) is 7.98. The Morgan fingerprint density at radius 1 is 0.971 bits per heavy atom. The fourth-order valence-corrected chi connectivity index (χ4v) is 3.27. The van der Waals surface area contributed by atoms with Crippen molar-refractivity contribution in [2.24, 2.45) is 0 Å². The van der Waals surface area contributed by atoms with E-state index in [1.807, 2.05) is 0 Å². The van der Waals surface area contributed by atoms with Crippen LogP contribution >= 0.6 is 0 Å². The maximum atomic E-state index is 12.6. The van der Waals surface area contributed by atoms with E-state index in [-0.39, 0.29) is 12.8 Å². The van der Waals surface area contributed by atoms with Crippen LogP contribution in [0.4, 0.5) is 10.5 Å². The number of hydrogen-bond acceptors (Lipinski definition) is 9. The Bertz CT molecular complexity index is 829. The van der Waals surface area contributed by atoms with Gasteiger partial charge in [0.05, 0.1) is 6.61 Å². The number of rotatable bonds is 12. The number of para-hydroxylation sites is 1. The summed E-state index contributed by atoms with van der Waals surface area (Å²) in [6, 6.07) is 8.53. The van der Waals surface area contributed by atoms with Crippen molar-refractivity contribution in [1.29, 1.82) is 0 Å². The van der Waals surface area contributed by atoms with Gasteiger partial charge in [-0.1, -0.05) is 30.4 Å². The van der Waals surface area contributed by atoms with E-state index in [1.165, 1.54) is 7.11 Å². The highest BCUT2D eigenvalue weighted by atomic mass is 16.7. The van der Waals surface area contributed by atoms with Crippen LogP contribution < -0.4 is 5.32 Å². The maximum absolute atomic E-state index is 12.6. The number of carbonyl (C=O) groups is 3. The van der Waals surface area contributed by atoms with Gasteiger partial charge in [0.25, 0.3) is 0 Å². The predicted octanol–water partition coefficient (Wildman–Crippen LogP) is 2.72. The number of aliphatic hydroxyl groups is 1. The number of allylic oxidation sites excluding steroid dienone is 2. The second kappa shape index (κ2) is 14.1. The molecule has 10 heteroatoms. The minimum absolute atomic E-state index is 0.00234. The van der Waals surface area contributed by atoms with Crippen LogP contribution in [-0.4, -0.2) is 67.6 Å². The van der Waals surface area contributed by atoms with Crippen molar-refractivity contribution in [3.05, 3.63) is 55.6 Å². The lowest BCUT2D eigenvalue weighted by molar-refractivity contribution is -0.299. The van der Waals surface area contributed by atoms with E-state index in [0.29, 0.717) is 18.5 Å². The molecular weight excluding hydrogens is 446 g/mol. The summed E-state index contributed by atoms with van der Waals surface area (Å²) in [4.78, 5) is 37.4. The number of carbonyl (C=O) groups excluding carboxylic acids is 3. The highest BCUT2D eigenvalue weighted by Crippen LogP contribution is 2.30. The zero-order valence-corrected chi connectivity index (χ0v) is 19.1. The van der Waals surface area contributed by atoms with E-state index in [1.54, 1.807) is 42.5 Å². The van der Waals surface area contributed by atoms with Crippen molar-refractivity contribution in [1.82, 2.24) is 0 Å². The standard InChI is InChI=1S/C24H31NO9/c1-4-6-13-18(27)32-21-20(34-24(29)25-16-11-9-8-10-12-16)17(15-26)31-23(30-3)22(21)33-19(28)14-7-5-2/h4-5,8-12,17,20-23,26H,1-2,6-7,13-15H2,3H3,(H,25,29)/t17-,20-,21+,22+,23+/m1/s1. The molecule has 1 fully saturated rings. The molecule has 1 saturated heterocycles. The summed E-state index contributed by atoms with van der Waals surface area (Å²) in [5.41, 5.74) is 0.464. The molecule has 186 valence electrons. The molecule has 34 heavy (non-hydrogen) atoms. The van der Waals surface area contributed by atoms with Gasteiger partial charge in [0, 0.05) is 25.6 Å². The Morgan fingerprint density at radius 2 is 1.56 bits per heavy atom. The molecule has 5 atom stereocenters. The van der Waals surface area contributed by atoms with Crippen LogP contribution in [0.1, 0.15) is 25.7 Å². The van der Waals surface area contributed by atoms with Crippen LogP contribution in [0.3, 0.4) is 0 Å². The third-order valence-electron chi connectivity index (χ3n) is 4.91. The van der Waals surface area contributed by atoms with Crippen LogP contribution in [0, 0.1) is 0 Å². The van der Waals surface area contributed by atoms with Crippen molar-refractivity contribution in [3.8, 4) is 0 Å². The van der Waals surface area contributed by atoms with Crippen LogP contribution in [0.5, 0.6) is 0 Å². The molecule has 10 nitrogen and oxygen atoms in total. The Morgan fingerprint density at radius 3 is 2.09 bits per heavy atom. The van der Waals surface area contributed by atoms with Crippen LogP contribution in [0.15, 0.2) is 55.6 Å². The summed E-state index contributed by atoms with van der Waals surface area (Å²) in [5.74, 6) is -1.25. The minimum atomic E-state index is -1.30. The largest absolute Gasteiger partial charge is 0.454 e. The topological polar surface area (TPSA) is 130 Å². The molecule has 1 aliphatic heterocycles. The van der Waals surface area contributed by atoms with Gasteiger partial charge in [-0.2, -0.15) is 0 Å². The predicted molar refractivity (Wildman–Crippen MR) is 122 cm³/mol. The van der Waals surface area contributed by atoms with Crippen molar-refractivity contribution in [3.63, 3.8) is 0 Å². The van der Waals surface area contributed by atoms with Gasteiger partial charge < -0.3 is 28.8 Å². The molecule has 0 radical (unpaired) electrons. The van der Waals surface area contributed by atoms with Crippen molar-refractivity contribution < 1.29 is 43.2 Å². The molecule has 1 heterocycles. The average Bonchev–Trinajstić information content (AvgIpc) is 2.84. The molecule has 0 spiro atoms. The molecule has 1 amide bonds. The second-order valence-electron chi connectivity index (χ2n) is 7.39. The number of amides is 1. The summed E-state index contributed by atoms with van der Waals surface area (Å²) in [7, 11) is 1.31. The maximum Gasteiger partial charge on any atom is 0.412 e. The number of anilines is 1. The quantitative estimate of drug-likeness (QED) is 0.265. The van der Waals surface area contributed by atoms with Crippen LogP contribution in [0.2, 0.25) is 0 Å². The first-order valence-electron chi connectivity index (χ1n) is 10.9. The van der Waals surface area contributed by atoms with E-state index < -0.39 is 55.3 Å². The van der Waals surface area contributed by atoms with Gasteiger partial charge in [0.1, 0.15) is 6.10 Å². The smallest absolute Gasteiger partial charge is 0.412 e. The zero-order valence-electron chi connectivity index (χ0n) is 19.1. The Labute approximate surface area is 198 Å². The molecule has 1 aromatic rings. The number of esters is 2. The van der Waals surface area contributed by atoms with Crippen molar-refractivity contribution in [2.45, 2.75) is 56.4 Å². The lowest BCUT2D eigenvalue weighted by Crippen LogP contribution is -2.62. The number of nitrogens with one attached hydrogen (secondary N) is 1. The molecule has 0 aliphatic carbocycles. The summed E-state index contributed by atoms with van der Waals surface area (Å²) >= 11 is 0. The van der Waals surface area contributed by atoms with Gasteiger partial charge in [-0.05, 0) is 25.0 Å². The average molecular weight is 478 g/mol. The van der Waals surface area contributed by atoms with E-state index in [4.69, 9.17) is 23.7 Å². The molecular formula is C24H31NO9. The number of ether oxygens (including phenoxy) is 5. The molecule has 2 rings (SSSR count). The van der Waals surface area contributed by atoms with Crippen molar-refractivity contribution >= 4 is 23.7 Å². The van der Waals surface area contributed by atoms with Gasteiger partial charge in [-0.25, -0.2) is 4.79 Å². The zero-order chi connectivity index (χ0) is 24.9. The number of methoxy groups -OCH3 is 1. The minimum Gasteiger partial charge on any atom is -0.454 e. The lowest BCUT2D eigenvalue weighted by Gasteiger charge is -2.43. The Kier molecular flexibility index (Phi) is 11.2. The van der Waals surface area contributed by atoms with Crippen LogP contribution in [-0.2, 0) is 33.3 Å². The number of benzene rings is 1. The van der Waals surface area contributed by atoms with Crippen LogP contribution in [0.25, 0.3) is 0 Å². The molecule has 0 aromatic heterocycles. The summed E-state index contributed by atoms with van der Waals surface area (Å²) in [6.07, 6.45) is -3.19. The monoisotopic (exact) mass is 477 g/mol. The third-order valence-corrected chi connectivity index (χ3v) is 4.91. The Hall–Kier alpha value is -3.21. The molecule has 1 aliphatic rings. The normalized spacial score (nSPS) is 23.9. The van der Waals surface area contributed by atoms with E-state index in [2.05, 4.69) is 18.5 Å². The van der Waals surface area contributed by atoms with Gasteiger partial charge >= 0.3 is 18.0 Å². The highest BCUT2D eigenvalue weighted by Gasteiger charge is 2.52. The summed E-state index contributed by atoms with van der Waals surface area (Å²) < 4.78 is 27.6. The highest BCUT2D eigenvalue weighted by molar-refractivity contribution is 5.84. The summed E-state index contributed by atoms with van der Waals surface area (Å²) in [5, 5.41) is 12.4. The molecule has 0 unspecified atom stereocenters. The molecule has 1 aromatic carbocycles. The second-order valence-corrected chi connectivity index (χ2v) is 7.39. The van der Waals surface area contributed by atoms with Gasteiger partial charge in [-0.15, -0.1) is 13.2 Å². The van der Waals surface area contributed by atoms with Gasteiger partial charge in [0.2, 0.25) is 0 Å². The number of hydrogen-bond donors (Lipinski definition) is 2. The van der Waals surface area contributed by atoms with Crippen molar-refractivity contribution in [2.75, 3.05) is 19.0 Å². The van der Waals surface area contributed by atoms with Gasteiger partial charge in [-0.3, -0.25) is 14.9 Å². The van der Waals surface area contributed by atoms with E-state index in [0.717, 1.165) is 0 Å². The van der Waals surface area contributed by atoms with Gasteiger partial charge in [0.15, 0.2) is 24.6 Å². The fraction of sp³-hybridized carbons (Fsp3) is 0.458. The lowest BCUT2D eigenvalue weighted by atomic mass is 9.98. The summed E-state index contributed by atoms with van der Waals surface area (Å²) in [6.45, 7) is 6.56. The number of aliphatic hydroxyl groups excluding tert-OH is 1. The SMILES string of the molecule is C=CCCC(=O)O[C@@H]1[C@H](OC(=O)CCC=C)[C@@H](OC)O[C@H](CO)[C@H]1OC(=O)Nc1ccccc1. The van der Waals surface area contributed by atoms with E-state index >= 15 is 0 Å². The Balaban J connectivity index is 2.30. The molecule has 0 saturated carbocycles. The first-order valence-corrected chi connectivity index (χ1v) is 10.9. The molecule has 2 N–H and O–H groups in total. The first kappa shape index (κ1) is 27.0. The molecule has 0 bridgehead atoms. The van der Waals surface area contributed by atoms with E-state index in [9.17, 15) is 19.5 Å². The fourth-order valence-electron chi connectivity index (χ4n) is 3.27. The first-order chi connectivity index (χ1) is 16.4.